The molecular weight excluding hydrogens is 266 g/mol. The lowest BCUT2D eigenvalue weighted by atomic mass is 9.79. The molecule has 0 unspecified atom stereocenters. The summed E-state index contributed by atoms with van der Waals surface area (Å²) in [5, 5.41) is 8.59. The van der Waals surface area contributed by atoms with Gasteiger partial charge >= 0.3 is 0 Å². The molecule has 118 valence electrons. The quantitative estimate of drug-likeness (QED) is 0.579. The Morgan fingerprint density at radius 1 is 1.05 bits per heavy atom. The van der Waals surface area contributed by atoms with Gasteiger partial charge in [0.2, 0.25) is 0 Å². The number of rotatable bonds is 7. The molecule has 1 aliphatic carbocycles. The molecule has 1 fully saturated rings. The molecule has 0 bridgehead atoms. The van der Waals surface area contributed by atoms with E-state index < -0.39 is 0 Å². The third-order valence-corrected chi connectivity index (χ3v) is 5.02. The highest BCUT2D eigenvalue weighted by atomic mass is 14.3. The van der Waals surface area contributed by atoms with Crippen LogP contribution in [0.25, 0.3) is 0 Å². The molecule has 0 aromatic heterocycles. The Morgan fingerprint density at radius 3 is 2.27 bits per heavy atom. The van der Waals surface area contributed by atoms with Crippen LogP contribution in [0.15, 0.2) is 36.4 Å². The molecule has 1 aromatic rings. The van der Waals surface area contributed by atoms with E-state index in [9.17, 15) is 0 Å². The zero-order valence-electron chi connectivity index (χ0n) is 13.9. The van der Waals surface area contributed by atoms with Crippen molar-refractivity contribution in [2.45, 2.75) is 64.7 Å². The van der Waals surface area contributed by atoms with E-state index in [1.54, 1.807) is 6.08 Å². The SMILES string of the molecule is CCCCc1ccc(CCC2CCC(C=CC#N)CC2)cc1. The fraction of sp³-hybridized carbons (Fsp3) is 0.571. The van der Waals surface area contributed by atoms with Crippen LogP contribution in [0.5, 0.6) is 0 Å². The monoisotopic (exact) mass is 295 g/mol. The van der Waals surface area contributed by atoms with E-state index in [2.05, 4.69) is 43.3 Å². The molecule has 1 aliphatic rings. The third kappa shape index (κ3) is 5.68. The van der Waals surface area contributed by atoms with Gasteiger partial charge < -0.3 is 0 Å². The van der Waals surface area contributed by atoms with E-state index in [4.69, 9.17) is 5.26 Å². The van der Waals surface area contributed by atoms with Crippen molar-refractivity contribution in [3.8, 4) is 6.07 Å². The Labute approximate surface area is 136 Å². The van der Waals surface area contributed by atoms with E-state index in [1.807, 2.05) is 0 Å². The van der Waals surface area contributed by atoms with Crippen LogP contribution in [0, 0.1) is 23.2 Å². The van der Waals surface area contributed by atoms with Crippen LogP contribution in [0.2, 0.25) is 0 Å². The fourth-order valence-electron chi connectivity index (χ4n) is 3.47. The average molecular weight is 295 g/mol. The van der Waals surface area contributed by atoms with Gasteiger partial charge in [0.25, 0.3) is 0 Å². The number of nitrogens with zero attached hydrogens (tertiary/aromatic N) is 1. The van der Waals surface area contributed by atoms with Crippen LogP contribution in [0.4, 0.5) is 0 Å². The van der Waals surface area contributed by atoms with Crippen LogP contribution in [-0.4, -0.2) is 0 Å². The van der Waals surface area contributed by atoms with Crippen LogP contribution in [-0.2, 0) is 12.8 Å². The van der Waals surface area contributed by atoms with Crippen LogP contribution in [0.1, 0.15) is 63.0 Å². The summed E-state index contributed by atoms with van der Waals surface area (Å²) >= 11 is 0. The first-order valence-corrected chi connectivity index (χ1v) is 8.96. The Bertz CT molecular complexity index is 484. The number of allylic oxidation sites excluding steroid dienone is 2. The van der Waals surface area contributed by atoms with Crippen molar-refractivity contribution in [1.29, 1.82) is 5.26 Å². The van der Waals surface area contributed by atoms with E-state index >= 15 is 0 Å². The summed E-state index contributed by atoms with van der Waals surface area (Å²) in [7, 11) is 0. The van der Waals surface area contributed by atoms with Crippen LogP contribution < -0.4 is 0 Å². The molecular formula is C21H29N. The number of nitriles is 1. The highest BCUT2D eigenvalue weighted by molar-refractivity contribution is 5.22. The van der Waals surface area contributed by atoms with E-state index in [-0.39, 0.29) is 0 Å². The molecule has 0 aliphatic heterocycles. The maximum Gasteiger partial charge on any atom is 0.0908 e. The predicted molar refractivity (Wildman–Crippen MR) is 93.6 cm³/mol. The van der Waals surface area contributed by atoms with Crippen molar-refractivity contribution in [2.24, 2.45) is 11.8 Å². The van der Waals surface area contributed by atoms with Gasteiger partial charge in [-0.2, -0.15) is 5.26 Å². The number of benzene rings is 1. The number of hydrogen-bond acceptors (Lipinski definition) is 1. The molecule has 1 nitrogen and oxygen atoms in total. The topological polar surface area (TPSA) is 23.8 Å². The molecule has 22 heavy (non-hydrogen) atoms. The third-order valence-electron chi connectivity index (χ3n) is 5.02. The van der Waals surface area contributed by atoms with Gasteiger partial charge in [-0.05, 0) is 74.3 Å². The van der Waals surface area contributed by atoms with Gasteiger partial charge in [0, 0.05) is 6.08 Å². The van der Waals surface area contributed by atoms with Gasteiger partial charge in [-0.25, -0.2) is 0 Å². The molecule has 0 atom stereocenters. The zero-order valence-corrected chi connectivity index (χ0v) is 13.9. The van der Waals surface area contributed by atoms with Gasteiger partial charge in [0.1, 0.15) is 0 Å². The first kappa shape index (κ1) is 16.8. The molecule has 0 N–H and O–H groups in total. The zero-order chi connectivity index (χ0) is 15.6. The molecule has 0 amide bonds. The molecule has 0 heterocycles. The average Bonchev–Trinajstić information content (AvgIpc) is 2.58. The number of unbranched alkanes of at least 4 members (excludes halogenated alkanes) is 1. The molecule has 2 rings (SSSR count). The molecule has 1 aromatic carbocycles. The van der Waals surface area contributed by atoms with Gasteiger partial charge in [0.15, 0.2) is 0 Å². The molecule has 0 saturated heterocycles. The standard InChI is InChI=1S/C21H29N/c1-2-3-5-18-7-11-20(12-8-18)15-16-21-13-9-19(10-14-21)6-4-17-22/h4,6-8,11-12,19,21H,2-3,5,9-10,13-16H2,1H3. The lowest BCUT2D eigenvalue weighted by Gasteiger charge is -2.26. The second kappa shape index (κ2) is 9.46. The van der Waals surface area contributed by atoms with Crippen molar-refractivity contribution in [2.75, 3.05) is 0 Å². The van der Waals surface area contributed by atoms with Gasteiger partial charge in [-0.3, -0.25) is 0 Å². The maximum absolute atomic E-state index is 8.59. The summed E-state index contributed by atoms with van der Waals surface area (Å²) in [4.78, 5) is 0. The smallest absolute Gasteiger partial charge is 0.0908 e. The Balaban J connectivity index is 1.70. The highest BCUT2D eigenvalue weighted by Crippen LogP contribution is 2.32. The predicted octanol–water partition coefficient (Wildman–Crippen LogP) is 5.85. The van der Waals surface area contributed by atoms with E-state index in [1.165, 1.54) is 68.9 Å². The number of aryl methyl sites for hydroxylation is 2. The molecule has 0 spiro atoms. The van der Waals surface area contributed by atoms with E-state index in [0.717, 1.165) is 5.92 Å². The van der Waals surface area contributed by atoms with Crippen LogP contribution >= 0.6 is 0 Å². The fourth-order valence-corrected chi connectivity index (χ4v) is 3.47. The maximum atomic E-state index is 8.59. The van der Waals surface area contributed by atoms with Gasteiger partial charge in [0.05, 0.1) is 6.07 Å². The van der Waals surface area contributed by atoms with Gasteiger partial charge in [-0.1, -0.05) is 43.7 Å². The normalized spacial score (nSPS) is 21.8. The highest BCUT2D eigenvalue weighted by Gasteiger charge is 2.19. The minimum Gasteiger partial charge on any atom is -0.193 e. The minimum atomic E-state index is 0.647. The summed E-state index contributed by atoms with van der Waals surface area (Å²) in [6, 6.07) is 11.4. The summed E-state index contributed by atoms with van der Waals surface area (Å²) in [6.07, 6.45) is 15.3. The van der Waals surface area contributed by atoms with Crippen molar-refractivity contribution in [3.63, 3.8) is 0 Å². The first-order valence-electron chi connectivity index (χ1n) is 8.96. The van der Waals surface area contributed by atoms with Crippen molar-refractivity contribution in [1.82, 2.24) is 0 Å². The van der Waals surface area contributed by atoms with Crippen LogP contribution in [0.3, 0.4) is 0 Å². The van der Waals surface area contributed by atoms with Crippen molar-refractivity contribution in [3.05, 3.63) is 47.5 Å². The lowest BCUT2D eigenvalue weighted by molar-refractivity contribution is 0.296. The first-order chi connectivity index (χ1) is 10.8. The van der Waals surface area contributed by atoms with Crippen molar-refractivity contribution >= 4 is 0 Å². The van der Waals surface area contributed by atoms with Crippen molar-refractivity contribution < 1.29 is 0 Å². The summed E-state index contributed by atoms with van der Waals surface area (Å²) < 4.78 is 0. The Hall–Kier alpha value is -1.55. The largest absolute Gasteiger partial charge is 0.193 e. The Kier molecular flexibility index (Phi) is 7.23. The number of hydrogen-bond donors (Lipinski definition) is 0. The van der Waals surface area contributed by atoms with E-state index in [0.29, 0.717) is 5.92 Å². The minimum absolute atomic E-state index is 0.647. The lowest BCUT2D eigenvalue weighted by Crippen LogP contribution is -2.13. The Morgan fingerprint density at radius 2 is 1.68 bits per heavy atom. The summed E-state index contributed by atoms with van der Waals surface area (Å²) in [6.45, 7) is 2.25. The van der Waals surface area contributed by atoms with Gasteiger partial charge in [-0.15, -0.1) is 0 Å². The molecule has 1 heteroatoms. The summed E-state index contributed by atoms with van der Waals surface area (Å²) in [5.41, 5.74) is 2.97. The summed E-state index contributed by atoms with van der Waals surface area (Å²) in [5.74, 6) is 1.53. The molecule has 0 radical (unpaired) electrons. The second-order valence-electron chi connectivity index (χ2n) is 6.73. The molecule has 1 saturated carbocycles. The second-order valence-corrected chi connectivity index (χ2v) is 6.73.